The van der Waals surface area contributed by atoms with Gasteiger partial charge in [0.05, 0.1) is 5.54 Å². The van der Waals surface area contributed by atoms with Crippen LogP contribution in [0.3, 0.4) is 0 Å². The lowest BCUT2D eigenvalue weighted by molar-refractivity contribution is -0.115. The zero-order chi connectivity index (χ0) is 17.6. The first-order chi connectivity index (χ1) is 11.2. The van der Waals surface area contributed by atoms with E-state index >= 15 is 0 Å². The third-order valence-electron chi connectivity index (χ3n) is 4.44. The maximum Gasteiger partial charge on any atom is 0.326 e. The number of anilines is 1. The minimum atomic E-state index is -0.479. The molecule has 126 valence electrons. The first-order valence-electron chi connectivity index (χ1n) is 8.16. The molecule has 0 spiro atoms. The highest BCUT2D eigenvalue weighted by molar-refractivity contribution is 6.14. The van der Waals surface area contributed by atoms with Crippen molar-refractivity contribution in [2.24, 2.45) is 0 Å². The molecule has 1 saturated heterocycles. The fraction of sp³-hybridized carbons (Fsp3) is 0.368. The number of urea groups is 1. The second-order valence-corrected chi connectivity index (χ2v) is 7.19. The third-order valence-corrected chi connectivity index (χ3v) is 4.44. The van der Waals surface area contributed by atoms with Gasteiger partial charge in [0, 0.05) is 17.3 Å². The largest absolute Gasteiger partial charge is 0.360 e. The standard InChI is InChI=1S/C19H23N3O2/c1-11(2)22-16-7-6-13(9-15-17(23)21-18(24)20-15)8-14(16)12(3)10-19(22,4)5/h6-11H,1-5H3,(H2,20,21,23,24)/b15-9+. The Kier molecular flexibility index (Phi) is 3.74. The van der Waals surface area contributed by atoms with Crippen molar-refractivity contribution in [1.29, 1.82) is 0 Å². The van der Waals surface area contributed by atoms with Crippen LogP contribution in [0.25, 0.3) is 11.6 Å². The van der Waals surface area contributed by atoms with Crippen LogP contribution < -0.4 is 15.5 Å². The van der Waals surface area contributed by atoms with Gasteiger partial charge in [-0.05, 0) is 64.0 Å². The Hall–Kier alpha value is -2.56. The number of imide groups is 1. The summed E-state index contributed by atoms with van der Waals surface area (Å²) in [6.07, 6.45) is 3.98. The number of nitrogens with zero attached hydrogens (tertiary/aromatic N) is 1. The molecule has 2 N–H and O–H groups in total. The van der Waals surface area contributed by atoms with E-state index in [9.17, 15) is 9.59 Å². The van der Waals surface area contributed by atoms with Gasteiger partial charge in [0.15, 0.2) is 0 Å². The molecule has 3 amide bonds. The van der Waals surface area contributed by atoms with Gasteiger partial charge in [0.1, 0.15) is 5.70 Å². The van der Waals surface area contributed by atoms with Crippen molar-refractivity contribution in [2.45, 2.75) is 46.2 Å². The van der Waals surface area contributed by atoms with Crippen molar-refractivity contribution in [2.75, 3.05) is 4.90 Å². The predicted octanol–water partition coefficient (Wildman–Crippen LogP) is 3.28. The Morgan fingerprint density at radius 2 is 1.88 bits per heavy atom. The molecule has 2 heterocycles. The molecule has 0 atom stereocenters. The van der Waals surface area contributed by atoms with Crippen LogP contribution >= 0.6 is 0 Å². The Balaban J connectivity index is 2.06. The molecule has 2 aliphatic heterocycles. The monoisotopic (exact) mass is 325 g/mol. The second-order valence-electron chi connectivity index (χ2n) is 7.19. The normalized spacial score (nSPS) is 20.8. The topological polar surface area (TPSA) is 61.4 Å². The van der Waals surface area contributed by atoms with Crippen LogP contribution in [0, 0.1) is 0 Å². The Morgan fingerprint density at radius 3 is 2.46 bits per heavy atom. The van der Waals surface area contributed by atoms with Crippen LogP contribution in [0.15, 0.2) is 30.0 Å². The summed E-state index contributed by atoms with van der Waals surface area (Å²) < 4.78 is 0. The van der Waals surface area contributed by atoms with Crippen LogP contribution in [-0.4, -0.2) is 23.5 Å². The van der Waals surface area contributed by atoms with Gasteiger partial charge in [-0.3, -0.25) is 10.1 Å². The number of hydrogen-bond acceptors (Lipinski definition) is 3. The van der Waals surface area contributed by atoms with Gasteiger partial charge in [-0.15, -0.1) is 0 Å². The van der Waals surface area contributed by atoms with Crippen molar-refractivity contribution in [3.63, 3.8) is 0 Å². The molecule has 3 rings (SSSR count). The van der Waals surface area contributed by atoms with Crippen LogP contribution in [0.4, 0.5) is 10.5 Å². The number of carbonyl (C=O) groups excluding carboxylic acids is 2. The molecule has 1 fully saturated rings. The van der Waals surface area contributed by atoms with E-state index in [0.717, 1.165) is 11.1 Å². The molecular weight excluding hydrogens is 302 g/mol. The van der Waals surface area contributed by atoms with E-state index < -0.39 is 11.9 Å². The number of fused-ring (bicyclic) bond motifs is 1. The van der Waals surface area contributed by atoms with Crippen molar-refractivity contribution in [1.82, 2.24) is 10.6 Å². The van der Waals surface area contributed by atoms with Gasteiger partial charge >= 0.3 is 6.03 Å². The van der Waals surface area contributed by atoms with Crippen LogP contribution in [-0.2, 0) is 4.79 Å². The molecule has 0 aromatic heterocycles. The highest BCUT2D eigenvalue weighted by Crippen LogP contribution is 2.40. The molecule has 5 nitrogen and oxygen atoms in total. The minimum Gasteiger partial charge on any atom is -0.360 e. The van der Waals surface area contributed by atoms with E-state index in [-0.39, 0.29) is 11.2 Å². The number of carbonyl (C=O) groups is 2. The summed E-state index contributed by atoms with van der Waals surface area (Å²) in [5.41, 5.74) is 4.67. The van der Waals surface area contributed by atoms with Crippen LogP contribution in [0.2, 0.25) is 0 Å². The van der Waals surface area contributed by atoms with E-state index in [1.807, 2.05) is 6.07 Å². The summed E-state index contributed by atoms with van der Waals surface area (Å²) in [6.45, 7) is 10.9. The quantitative estimate of drug-likeness (QED) is 0.648. The van der Waals surface area contributed by atoms with E-state index in [2.05, 4.69) is 68.4 Å². The zero-order valence-electron chi connectivity index (χ0n) is 14.7. The second kappa shape index (κ2) is 5.51. The summed E-state index contributed by atoms with van der Waals surface area (Å²) in [5, 5.41) is 4.73. The number of benzene rings is 1. The Labute approximate surface area is 142 Å². The molecule has 0 aliphatic carbocycles. The SMILES string of the molecule is CC1=CC(C)(C)N(C(C)C)c2ccc(/C=C3/NC(=O)NC3=O)cc21. The van der Waals surface area contributed by atoms with Crippen molar-refractivity contribution >= 4 is 29.3 Å². The molecular formula is C19H23N3O2. The number of nitrogens with one attached hydrogen (secondary N) is 2. The number of allylic oxidation sites excluding steroid dienone is 1. The molecule has 24 heavy (non-hydrogen) atoms. The molecule has 1 aromatic rings. The zero-order valence-corrected chi connectivity index (χ0v) is 14.7. The average molecular weight is 325 g/mol. The molecule has 0 saturated carbocycles. The van der Waals surface area contributed by atoms with Crippen molar-refractivity contribution in [3.05, 3.63) is 41.1 Å². The summed E-state index contributed by atoms with van der Waals surface area (Å²) >= 11 is 0. The van der Waals surface area contributed by atoms with Gasteiger partial charge in [0.25, 0.3) is 5.91 Å². The van der Waals surface area contributed by atoms with E-state index in [1.165, 1.54) is 11.3 Å². The fourth-order valence-electron chi connectivity index (χ4n) is 3.75. The van der Waals surface area contributed by atoms with Gasteiger partial charge in [-0.2, -0.15) is 0 Å². The molecule has 0 radical (unpaired) electrons. The minimum absolute atomic E-state index is 0.0510. The van der Waals surface area contributed by atoms with Crippen LogP contribution in [0.5, 0.6) is 0 Å². The summed E-state index contributed by atoms with van der Waals surface area (Å²) in [4.78, 5) is 25.3. The highest BCUT2D eigenvalue weighted by atomic mass is 16.2. The lowest BCUT2D eigenvalue weighted by atomic mass is 9.87. The summed E-state index contributed by atoms with van der Waals surface area (Å²) in [7, 11) is 0. The number of rotatable bonds is 2. The highest BCUT2D eigenvalue weighted by Gasteiger charge is 2.33. The smallest absolute Gasteiger partial charge is 0.326 e. The number of hydrogen-bond donors (Lipinski definition) is 2. The average Bonchev–Trinajstić information content (AvgIpc) is 2.76. The van der Waals surface area contributed by atoms with Gasteiger partial charge < -0.3 is 10.2 Å². The lowest BCUT2D eigenvalue weighted by Crippen LogP contribution is -2.49. The third kappa shape index (κ3) is 2.70. The summed E-state index contributed by atoms with van der Waals surface area (Å²) in [6, 6.07) is 6.03. The van der Waals surface area contributed by atoms with Gasteiger partial charge in [-0.25, -0.2) is 4.79 Å². The van der Waals surface area contributed by atoms with Crippen molar-refractivity contribution in [3.8, 4) is 0 Å². The maximum atomic E-state index is 11.7. The molecule has 1 aromatic carbocycles. The van der Waals surface area contributed by atoms with E-state index in [0.29, 0.717) is 6.04 Å². The number of amides is 3. The van der Waals surface area contributed by atoms with Gasteiger partial charge in [0.2, 0.25) is 0 Å². The Bertz CT molecular complexity index is 788. The summed E-state index contributed by atoms with van der Waals surface area (Å²) in [5.74, 6) is -0.394. The maximum absolute atomic E-state index is 11.7. The molecule has 5 heteroatoms. The van der Waals surface area contributed by atoms with E-state index in [4.69, 9.17) is 0 Å². The molecule has 0 unspecified atom stereocenters. The first-order valence-corrected chi connectivity index (χ1v) is 8.16. The van der Waals surface area contributed by atoms with Crippen LogP contribution in [0.1, 0.15) is 45.7 Å². The lowest BCUT2D eigenvalue weighted by Gasteiger charge is -2.46. The first kappa shape index (κ1) is 16.3. The van der Waals surface area contributed by atoms with E-state index in [1.54, 1.807) is 6.08 Å². The fourth-order valence-corrected chi connectivity index (χ4v) is 3.75. The molecule has 2 aliphatic rings. The Morgan fingerprint density at radius 1 is 1.17 bits per heavy atom. The molecule has 0 bridgehead atoms. The van der Waals surface area contributed by atoms with Gasteiger partial charge in [-0.1, -0.05) is 12.1 Å². The van der Waals surface area contributed by atoms with Crippen molar-refractivity contribution < 1.29 is 9.59 Å². The predicted molar refractivity (Wildman–Crippen MR) is 96.4 cm³/mol.